The van der Waals surface area contributed by atoms with Gasteiger partial charge in [0, 0.05) is 17.8 Å². The molecule has 0 aliphatic heterocycles. The number of amides is 2. The third-order valence-corrected chi connectivity index (χ3v) is 5.23. The van der Waals surface area contributed by atoms with Gasteiger partial charge in [-0.05, 0) is 37.4 Å². The SMILES string of the molecule is COc1cccc(NC(=O)CN(C)CC(=O)N[C@@H]2CCC[C@@H](C)[C@H]2C)c1. The molecule has 2 amide bonds. The average Bonchev–Trinajstić information content (AvgIpc) is 2.58. The van der Waals surface area contributed by atoms with E-state index in [1.165, 1.54) is 6.42 Å². The number of hydrogen-bond acceptors (Lipinski definition) is 4. The first kappa shape index (κ1) is 20.2. The number of nitrogens with one attached hydrogen (secondary N) is 2. The van der Waals surface area contributed by atoms with Gasteiger partial charge in [0.15, 0.2) is 0 Å². The Morgan fingerprint density at radius 3 is 2.65 bits per heavy atom. The molecule has 0 unspecified atom stereocenters. The van der Waals surface area contributed by atoms with Crippen molar-refractivity contribution in [1.82, 2.24) is 10.2 Å². The van der Waals surface area contributed by atoms with Crippen molar-refractivity contribution in [1.29, 1.82) is 0 Å². The summed E-state index contributed by atoms with van der Waals surface area (Å²) in [6.07, 6.45) is 3.43. The van der Waals surface area contributed by atoms with Gasteiger partial charge in [-0.25, -0.2) is 0 Å². The highest BCUT2D eigenvalue weighted by Gasteiger charge is 2.28. The molecule has 1 aliphatic rings. The van der Waals surface area contributed by atoms with Gasteiger partial charge in [0.1, 0.15) is 5.75 Å². The second-order valence-corrected chi connectivity index (χ2v) is 7.39. The quantitative estimate of drug-likeness (QED) is 0.783. The van der Waals surface area contributed by atoms with Crippen LogP contribution in [-0.2, 0) is 9.59 Å². The summed E-state index contributed by atoms with van der Waals surface area (Å²) < 4.78 is 5.14. The molecular formula is C20H31N3O3. The molecule has 0 spiro atoms. The third kappa shape index (κ3) is 6.02. The molecule has 2 rings (SSSR count). The average molecular weight is 361 g/mol. The molecule has 1 fully saturated rings. The molecule has 3 atom stereocenters. The minimum absolute atomic E-state index is 0.0207. The molecule has 144 valence electrons. The molecule has 1 saturated carbocycles. The smallest absolute Gasteiger partial charge is 0.238 e. The van der Waals surface area contributed by atoms with Crippen LogP contribution >= 0.6 is 0 Å². The van der Waals surface area contributed by atoms with Crippen molar-refractivity contribution in [3.63, 3.8) is 0 Å². The van der Waals surface area contributed by atoms with Gasteiger partial charge in [0.05, 0.1) is 20.2 Å². The van der Waals surface area contributed by atoms with E-state index in [0.717, 1.165) is 12.8 Å². The summed E-state index contributed by atoms with van der Waals surface area (Å²) in [6, 6.07) is 7.44. The number of anilines is 1. The number of carbonyl (C=O) groups excluding carboxylic acids is 2. The fourth-order valence-corrected chi connectivity index (χ4v) is 3.49. The van der Waals surface area contributed by atoms with E-state index in [1.807, 2.05) is 12.1 Å². The maximum Gasteiger partial charge on any atom is 0.238 e. The predicted octanol–water partition coefficient (Wildman–Crippen LogP) is 2.51. The maximum atomic E-state index is 12.3. The van der Waals surface area contributed by atoms with E-state index in [-0.39, 0.29) is 30.9 Å². The van der Waals surface area contributed by atoms with E-state index in [0.29, 0.717) is 23.3 Å². The lowest BCUT2D eigenvalue weighted by atomic mass is 9.78. The van der Waals surface area contributed by atoms with Gasteiger partial charge in [-0.3, -0.25) is 14.5 Å². The molecule has 6 nitrogen and oxygen atoms in total. The summed E-state index contributed by atoms with van der Waals surface area (Å²) in [4.78, 5) is 26.2. The predicted molar refractivity (Wildman–Crippen MR) is 103 cm³/mol. The van der Waals surface area contributed by atoms with Gasteiger partial charge in [-0.1, -0.05) is 32.8 Å². The van der Waals surface area contributed by atoms with Crippen LogP contribution in [0.5, 0.6) is 5.75 Å². The Kier molecular flexibility index (Phi) is 7.45. The number of benzene rings is 1. The highest BCUT2D eigenvalue weighted by Crippen LogP contribution is 2.29. The lowest BCUT2D eigenvalue weighted by molar-refractivity contribution is -0.124. The highest BCUT2D eigenvalue weighted by molar-refractivity contribution is 5.92. The molecule has 1 aliphatic carbocycles. The van der Waals surface area contributed by atoms with Crippen LogP contribution in [-0.4, -0.2) is 50.0 Å². The molecule has 0 saturated heterocycles. The summed E-state index contributed by atoms with van der Waals surface area (Å²) >= 11 is 0. The minimum atomic E-state index is -0.159. The Balaban J connectivity index is 1.77. The highest BCUT2D eigenvalue weighted by atomic mass is 16.5. The van der Waals surface area contributed by atoms with E-state index in [4.69, 9.17) is 4.74 Å². The molecular weight excluding hydrogens is 330 g/mol. The molecule has 2 N–H and O–H groups in total. The van der Waals surface area contributed by atoms with Crippen molar-refractivity contribution < 1.29 is 14.3 Å². The Labute approximate surface area is 156 Å². The van der Waals surface area contributed by atoms with E-state index < -0.39 is 0 Å². The number of carbonyl (C=O) groups is 2. The number of methoxy groups -OCH3 is 1. The van der Waals surface area contributed by atoms with Crippen molar-refractivity contribution in [3.05, 3.63) is 24.3 Å². The van der Waals surface area contributed by atoms with Gasteiger partial charge in [-0.15, -0.1) is 0 Å². The van der Waals surface area contributed by atoms with Crippen molar-refractivity contribution in [2.75, 3.05) is 32.6 Å². The first-order chi connectivity index (χ1) is 12.4. The second-order valence-electron chi connectivity index (χ2n) is 7.39. The summed E-state index contributed by atoms with van der Waals surface area (Å²) in [7, 11) is 3.36. The van der Waals surface area contributed by atoms with E-state index in [9.17, 15) is 9.59 Å². The Bertz CT molecular complexity index is 620. The number of nitrogens with zero attached hydrogens (tertiary/aromatic N) is 1. The van der Waals surface area contributed by atoms with Crippen LogP contribution < -0.4 is 15.4 Å². The number of hydrogen-bond donors (Lipinski definition) is 2. The fraction of sp³-hybridized carbons (Fsp3) is 0.600. The molecule has 26 heavy (non-hydrogen) atoms. The normalized spacial score (nSPS) is 22.7. The Morgan fingerprint density at radius 1 is 1.19 bits per heavy atom. The van der Waals surface area contributed by atoms with E-state index in [2.05, 4.69) is 24.5 Å². The van der Waals surface area contributed by atoms with Crippen molar-refractivity contribution in [3.8, 4) is 5.75 Å². The largest absolute Gasteiger partial charge is 0.497 e. The third-order valence-electron chi connectivity index (χ3n) is 5.23. The Hall–Kier alpha value is -2.08. The fourth-order valence-electron chi connectivity index (χ4n) is 3.49. The van der Waals surface area contributed by atoms with Crippen molar-refractivity contribution >= 4 is 17.5 Å². The van der Waals surface area contributed by atoms with Crippen LogP contribution in [0.1, 0.15) is 33.1 Å². The summed E-state index contributed by atoms with van der Waals surface area (Å²) in [6.45, 7) is 4.82. The number of likely N-dealkylation sites (N-methyl/N-ethyl adjacent to an activating group) is 1. The van der Waals surface area contributed by atoms with Crippen molar-refractivity contribution in [2.45, 2.75) is 39.2 Å². The Morgan fingerprint density at radius 2 is 1.92 bits per heavy atom. The monoisotopic (exact) mass is 361 g/mol. The second kappa shape index (κ2) is 9.57. The summed E-state index contributed by atoms with van der Waals surface area (Å²) in [5.74, 6) is 1.64. The van der Waals surface area contributed by atoms with Crippen LogP contribution in [0.3, 0.4) is 0 Å². The molecule has 1 aromatic carbocycles. The van der Waals surface area contributed by atoms with Gasteiger partial charge in [0.2, 0.25) is 11.8 Å². The molecule has 0 heterocycles. The van der Waals surface area contributed by atoms with Gasteiger partial charge in [0.25, 0.3) is 0 Å². The number of ether oxygens (including phenoxy) is 1. The van der Waals surface area contributed by atoms with Crippen molar-refractivity contribution in [2.24, 2.45) is 11.8 Å². The van der Waals surface area contributed by atoms with E-state index in [1.54, 1.807) is 31.2 Å². The van der Waals surface area contributed by atoms with Gasteiger partial charge >= 0.3 is 0 Å². The van der Waals surface area contributed by atoms with Crippen LogP contribution in [0.2, 0.25) is 0 Å². The minimum Gasteiger partial charge on any atom is -0.497 e. The first-order valence-corrected chi connectivity index (χ1v) is 9.31. The van der Waals surface area contributed by atoms with Gasteiger partial charge in [-0.2, -0.15) is 0 Å². The first-order valence-electron chi connectivity index (χ1n) is 9.31. The molecule has 0 radical (unpaired) electrons. The standard InChI is InChI=1S/C20H31N3O3/c1-14-7-5-10-18(15(14)2)22-20(25)13-23(3)12-19(24)21-16-8-6-9-17(11-16)26-4/h6,8-9,11,14-15,18H,5,7,10,12-13H2,1-4H3,(H,21,24)(H,22,25)/t14-,15-,18-/m1/s1. The maximum absolute atomic E-state index is 12.3. The zero-order valence-corrected chi connectivity index (χ0v) is 16.2. The van der Waals surface area contributed by atoms with E-state index >= 15 is 0 Å². The topological polar surface area (TPSA) is 70.7 Å². The lowest BCUT2D eigenvalue weighted by Crippen LogP contribution is -2.47. The lowest BCUT2D eigenvalue weighted by Gasteiger charge is -2.34. The van der Waals surface area contributed by atoms with Gasteiger partial charge < -0.3 is 15.4 Å². The van der Waals surface area contributed by atoms with Crippen LogP contribution in [0.15, 0.2) is 24.3 Å². The summed E-state index contributed by atoms with van der Waals surface area (Å²) in [5, 5.41) is 5.96. The summed E-state index contributed by atoms with van der Waals surface area (Å²) in [5.41, 5.74) is 0.678. The molecule has 0 aromatic heterocycles. The van der Waals surface area contributed by atoms with Crippen LogP contribution in [0.25, 0.3) is 0 Å². The van der Waals surface area contributed by atoms with Crippen LogP contribution in [0.4, 0.5) is 5.69 Å². The molecule has 0 bridgehead atoms. The molecule has 1 aromatic rings. The zero-order chi connectivity index (χ0) is 19.1. The zero-order valence-electron chi connectivity index (χ0n) is 16.2. The molecule has 6 heteroatoms. The van der Waals surface area contributed by atoms with Crippen LogP contribution in [0, 0.1) is 11.8 Å². The number of rotatable bonds is 7.